The van der Waals surface area contributed by atoms with Crippen LogP contribution in [-0.4, -0.2) is 16.8 Å². The Bertz CT molecular complexity index is 624. The molecule has 1 heterocycles. The predicted octanol–water partition coefficient (Wildman–Crippen LogP) is 0.953. The van der Waals surface area contributed by atoms with Crippen LogP contribution < -0.4 is 16.8 Å². The zero-order valence-corrected chi connectivity index (χ0v) is 10.7. The summed E-state index contributed by atoms with van der Waals surface area (Å²) in [6.07, 6.45) is 0. The average Bonchev–Trinajstić information content (AvgIpc) is 2.88. The van der Waals surface area contributed by atoms with E-state index in [1.165, 1.54) is 11.3 Å². The zero-order valence-electron chi connectivity index (χ0n) is 9.92. The number of carbonyl (C=O) groups is 2. The molecule has 1 aromatic heterocycles. The Morgan fingerprint density at radius 2 is 2.05 bits per heavy atom. The number of nitrogens with one attached hydrogen (secondary N) is 1. The Labute approximate surface area is 113 Å². The van der Waals surface area contributed by atoms with Crippen molar-refractivity contribution in [1.29, 1.82) is 0 Å². The molecule has 0 saturated heterocycles. The van der Waals surface area contributed by atoms with Gasteiger partial charge in [0.25, 0.3) is 11.8 Å². The zero-order chi connectivity index (χ0) is 13.8. The van der Waals surface area contributed by atoms with Gasteiger partial charge in [0.2, 0.25) is 0 Å². The number of carbonyl (C=O) groups excluding carboxylic acids is 2. The number of aromatic nitrogens is 1. The summed E-state index contributed by atoms with van der Waals surface area (Å²) < 4.78 is 0. The van der Waals surface area contributed by atoms with Crippen molar-refractivity contribution in [2.75, 3.05) is 5.32 Å². The van der Waals surface area contributed by atoms with Crippen LogP contribution in [0.4, 0.5) is 5.69 Å². The van der Waals surface area contributed by atoms with Gasteiger partial charge in [0, 0.05) is 11.9 Å². The number of amides is 2. The summed E-state index contributed by atoms with van der Waals surface area (Å²) in [5.41, 5.74) is 11.6. The lowest BCUT2D eigenvalue weighted by atomic mass is 10.1. The van der Waals surface area contributed by atoms with Gasteiger partial charge in [0.15, 0.2) is 0 Å². The number of rotatable bonds is 4. The van der Waals surface area contributed by atoms with Gasteiger partial charge in [-0.1, -0.05) is 12.1 Å². The van der Waals surface area contributed by atoms with Crippen LogP contribution in [0.15, 0.2) is 29.6 Å². The monoisotopic (exact) mass is 276 g/mol. The number of thiazole rings is 1. The summed E-state index contributed by atoms with van der Waals surface area (Å²) in [5.74, 6) is -0.999. The van der Waals surface area contributed by atoms with Crippen molar-refractivity contribution in [2.45, 2.75) is 6.54 Å². The number of primary amides is 1. The lowest BCUT2D eigenvalue weighted by molar-refractivity contribution is 0.100. The standard InChI is InChI=1S/C12H12N4O2S/c13-5-10-15-9(6-19-10)12(18)16-8-4-2-1-3-7(8)11(14)17/h1-4,6H,5,13H2,(H2,14,17)(H,16,18). The van der Waals surface area contributed by atoms with Gasteiger partial charge in [-0.25, -0.2) is 4.98 Å². The minimum absolute atomic E-state index is 0.255. The molecule has 0 saturated carbocycles. The van der Waals surface area contributed by atoms with E-state index in [9.17, 15) is 9.59 Å². The predicted molar refractivity (Wildman–Crippen MR) is 72.9 cm³/mol. The van der Waals surface area contributed by atoms with Gasteiger partial charge < -0.3 is 16.8 Å². The van der Waals surface area contributed by atoms with Gasteiger partial charge in [-0.15, -0.1) is 11.3 Å². The first-order valence-corrected chi connectivity index (χ1v) is 6.34. The van der Waals surface area contributed by atoms with Gasteiger partial charge in [-0.3, -0.25) is 9.59 Å². The Morgan fingerprint density at radius 1 is 1.32 bits per heavy atom. The van der Waals surface area contributed by atoms with Crippen LogP contribution in [0.25, 0.3) is 0 Å². The fourth-order valence-electron chi connectivity index (χ4n) is 1.50. The van der Waals surface area contributed by atoms with Gasteiger partial charge in [0.1, 0.15) is 10.7 Å². The highest BCUT2D eigenvalue weighted by molar-refractivity contribution is 7.09. The molecule has 0 unspecified atom stereocenters. The van der Waals surface area contributed by atoms with Gasteiger partial charge in [-0.05, 0) is 12.1 Å². The number of benzene rings is 1. The number of nitrogens with two attached hydrogens (primary N) is 2. The molecule has 0 spiro atoms. The number of para-hydroxylation sites is 1. The van der Waals surface area contributed by atoms with Crippen LogP contribution >= 0.6 is 11.3 Å². The normalized spacial score (nSPS) is 10.2. The molecule has 0 atom stereocenters. The van der Waals surface area contributed by atoms with Crippen LogP contribution in [0.3, 0.4) is 0 Å². The Balaban J connectivity index is 2.21. The van der Waals surface area contributed by atoms with Crippen LogP contribution in [0.2, 0.25) is 0 Å². The number of anilines is 1. The van der Waals surface area contributed by atoms with E-state index < -0.39 is 11.8 Å². The van der Waals surface area contributed by atoms with E-state index in [1.54, 1.807) is 29.6 Å². The molecule has 0 aliphatic carbocycles. The highest BCUT2D eigenvalue weighted by atomic mass is 32.1. The first kappa shape index (κ1) is 13.2. The maximum Gasteiger partial charge on any atom is 0.275 e. The molecule has 19 heavy (non-hydrogen) atoms. The molecule has 98 valence electrons. The Kier molecular flexibility index (Phi) is 3.88. The van der Waals surface area contributed by atoms with E-state index in [4.69, 9.17) is 11.5 Å². The summed E-state index contributed by atoms with van der Waals surface area (Å²) in [6.45, 7) is 0.288. The second kappa shape index (κ2) is 5.59. The van der Waals surface area contributed by atoms with E-state index in [0.717, 1.165) is 0 Å². The van der Waals surface area contributed by atoms with Crippen LogP contribution in [-0.2, 0) is 6.54 Å². The molecule has 6 nitrogen and oxygen atoms in total. The number of hydrogen-bond donors (Lipinski definition) is 3. The van der Waals surface area contributed by atoms with E-state index in [-0.39, 0.29) is 17.8 Å². The quantitative estimate of drug-likeness (QED) is 0.772. The molecule has 0 aliphatic heterocycles. The van der Waals surface area contributed by atoms with E-state index in [0.29, 0.717) is 10.7 Å². The second-order valence-corrected chi connectivity index (χ2v) is 4.64. The molecule has 2 rings (SSSR count). The highest BCUT2D eigenvalue weighted by Gasteiger charge is 2.14. The maximum absolute atomic E-state index is 12.0. The lowest BCUT2D eigenvalue weighted by Crippen LogP contribution is -2.18. The topological polar surface area (TPSA) is 111 Å². The molecule has 1 aromatic carbocycles. The van der Waals surface area contributed by atoms with Crippen molar-refractivity contribution in [3.05, 3.63) is 45.9 Å². The van der Waals surface area contributed by atoms with E-state index in [1.807, 2.05) is 0 Å². The molecular formula is C12H12N4O2S. The van der Waals surface area contributed by atoms with E-state index in [2.05, 4.69) is 10.3 Å². The third-order valence-corrected chi connectivity index (χ3v) is 3.27. The molecule has 0 aliphatic rings. The summed E-state index contributed by atoms with van der Waals surface area (Å²) in [4.78, 5) is 27.3. The van der Waals surface area contributed by atoms with Gasteiger partial charge in [0.05, 0.1) is 11.3 Å². The third kappa shape index (κ3) is 2.95. The molecule has 0 fully saturated rings. The highest BCUT2D eigenvalue weighted by Crippen LogP contribution is 2.16. The van der Waals surface area contributed by atoms with Crippen molar-refractivity contribution in [1.82, 2.24) is 4.98 Å². The Hall–Kier alpha value is -2.25. The van der Waals surface area contributed by atoms with Crippen molar-refractivity contribution < 1.29 is 9.59 Å². The number of hydrogen-bond acceptors (Lipinski definition) is 5. The SMILES string of the molecule is NCc1nc(C(=O)Nc2ccccc2C(N)=O)cs1. The molecule has 7 heteroatoms. The summed E-state index contributed by atoms with van der Waals surface area (Å²) in [5, 5.41) is 4.90. The van der Waals surface area contributed by atoms with Crippen molar-refractivity contribution in [2.24, 2.45) is 11.5 Å². The minimum Gasteiger partial charge on any atom is -0.366 e. The fourth-order valence-corrected chi connectivity index (χ4v) is 2.16. The molecular weight excluding hydrogens is 264 g/mol. The molecule has 0 bridgehead atoms. The lowest BCUT2D eigenvalue weighted by Gasteiger charge is -2.07. The minimum atomic E-state index is -0.600. The summed E-state index contributed by atoms with van der Waals surface area (Å²) in [6, 6.07) is 6.53. The summed E-state index contributed by atoms with van der Waals surface area (Å²) in [7, 11) is 0. The molecule has 2 aromatic rings. The first-order valence-electron chi connectivity index (χ1n) is 5.46. The molecule has 0 radical (unpaired) electrons. The van der Waals surface area contributed by atoms with Gasteiger partial charge in [-0.2, -0.15) is 0 Å². The van der Waals surface area contributed by atoms with E-state index >= 15 is 0 Å². The first-order chi connectivity index (χ1) is 9.11. The van der Waals surface area contributed by atoms with Crippen LogP contribution in [0.5, 0.6) is 0 Å². The van der Waals surface area contributed by atoms with Crippen molar-refractivity contribution in [3.63, 3.8) is 0 Å². The Morgan fingerprint density at radius 3 is 2.68 bits per heavy atom. The maximum atomic E-state index is 12.0. The number of nitrogens with zero attached hydrogens (tertiary/aromatic N) is 1. The van der Waals surface area contributed by atoms with Gasteiger partial charge >= 0.3 is 0 Å². The third-order valence-electron chi connectivity index (χ3n) is 2.40. The van der Waals surface area contributed by atoms with Crippen LogP contribution in [0, 0.1) is 0 Å². The smallest absolute Gasteiger partial charge is 0.275 e. The fraction of sp³-hybridized carbons (Fsp3) is 0.0833. The molecule has 2 amide bonds. The molecule has 5 N–H and O–H groups in total. The average molecular weight is 276 g/mol. The van der Waals surface area contributed by atoms with Crippen LogP contribution in [0.1, 0.15) is 25.9 Å². The largest absolute Gasteiger partial charge is 0.366 e. The second-order valence-electron chi connectivity index (χ2n) is 3.69. The van der Waals surface area contributed by atoms with Crippen molar-refractivity contribution in [3.8, 4) is 0 Å². The summed E-state index contributed by atoms with van der Waals surface area (Å²) >= 11 is 1.31. The van der Waals surface area contributed by atoms with Crippen molar-refractivity contribution >= 4 is 28.8 Å².